The highest BCUT2D eigenvalue weighted by molar-refractivity contribution is 6.32. The van der Waals surface area contributed by atoms with Gasteiger partial charge in [-0.3, -0.25) is 9.80 Å². The minimum Gasteiger partial charge on any atom is -0.495 e. The van der Waals surface area contributed by atoms with Crippen LogP contribution in [-0.4, -0.2) is 13.0 Å². The first-order valence-corrected chi connectivity index (χ1v) is 8.39. The van der Waals surface area contributed by atoms with Crippen LogP contribution in [0.5, 0.6) is 5.75 Å². The number of carbonyl (C=O) groups excluding carboxylic acids is 1. The molecule has 5 nitrogen and oxygen atoms in total. The summed E-state index contributed by atoms with van der Waals surface area (Å²) in [4.78, 5) is 12.6. The first-order chi connectivity index (χ1) is 12.6. The van der Waals surface area contributed by atoms with E-state index in [0.29, 0.717) is 27.7 Å². The van der Waals surface area contributed by atoms with Crippen LogP contribution in [0.15, 0.2) is 60.7 Å². The first-order valence-electron chi connectivity index (χ1n) is 8.01. The molecule has 1 aliphatic rings. The number of ether oxygens (including phenoxy) is 1. The molecule has 0 radical (unpaired) electrons. The molecule has 130 valence electrons. The fourth-order valence-electron chi connectivity index (χ4n) is 3.05. The predicted octanol–water partition coefficient (Wildman–Crippen LogP) is 4.59. The number of halogens is 1. The number of amides is 1. The summed E-state index contributed by atoms with van der Waals surface area (Å²) in [6, 6.07) is 18.5. The second-order valence-electron chi connectivity index (χ2n) is 5.92. The maximum Gasteiger partial charge on any atom is 0.257 e. The van der Waals surface area contributed by atoms with Crippen LogP contribution in [0, 0.1) is 0 Å². The third-order valence-electron chi connectivity index (χ3n) is 4.40. The molecule has 0 fully saturated rings. The number of nitrogens with one attached hydrogen (secondary N) is 1. The molecule has 1 heterocycles. The van der Waals surface area contributed by atoms with Crippen LogP contribution in [0.3, 0.4) is 0 Å². The molecule has 3 aromatic rings. The number of nitrogens with zero attached hydrogens (tertiary/aromatic N) is 1. The number of para-hydroxylation sites is 2. The number of hydrazine groups is 1. The van der Waals surface area contributed by atoms with E-state index in [1.54, 1.807) is 19.2 Å². The summed E-state index contributed by atoms with van der Waals surface area (Å²) in [5, 5.41) is 4.96. The molecule has 0 bridgehead atoms. The van der Waals surface area contributed by atoms with E-state index in [1.807, 2.05) is 48.5 Å². The van der Waals surface area contributed by atoms with Gasteiger partial charge < -0.3 is 10.1 Å². The van der Waals surface area contributed by atoms with Crippen molar-refractivity contribution in [3.8, 4) is 16.9 Å². The molecule has 26 heavy (non-hydrogen) atoms. The number of benzene rings is 3. The van der Waals surface area contributed by atoms with Gasteiger partial charge in [-0.15, -0.1) is 0 Å². The number of anilines is 3. The highest BCUT2D eigenvalue weighted by Crippen LogP contribution is 2.38. The van der Waals surface area contributed by atoms with Gasteiger partial charge in [0.25, 0.3) is 5.91 Å². The molecule has 0 spiro atoms. The SMILES string of the molecule is COc1cc(-c2ccc3c(c2)N(N)c2ccccc2NC3=O)ccc1Cl. The van der Waals surface area contributed by atoms with Gasteiger partial charge in [0, 0.05) is 0 Å². The van der Waals surface area contributed by atoms with Gasteiger partial charge in [0.2, 0.25) is 0 Å². The van der Waals surface area contributed by atoms with Crippen LogP contribution in [0.1, 0.15) is 10.4 Å². The van der Waals surface area contributed by atoms with Crippen LogP contribution >= 0.6 is 11.6 Å². The molecule has 0 unspecified atom stereocenters. The molecule has 0 atom stereocenters. The largest absolute Gasteiger partial charge is 0.495 e. The van der Waals surface area contributed by atoms with E-state index in [-0.39, 0.29) is 5.91 Å². The standard InChI is InChI=1S/C20H16ClN3O2/c1-26-19-11-13(7-9-15(19)21)12-6-8-14-18(10-12)24(22)17-5-3-2-4-16(17)23-20(14)25/h2-11H,22H2,1H3,(H,23,25). The summed E-state index contributed by atoms with van der Waals surface area (Å²) in [5.41, 5.74) is 4.35. The summed E-state index contributed by atoms with van der Waals surface area (Å²) in [7, 11) is 1.57. The lowest BCUT2D eigenvalue weighted by molar-refractivity contribution is 0.102. The second-order valence-corrected chi connectivity index (χ2v) is 6.33. The number of methoxy groups -OCH3 is 1. The number of nitrogens with two attached hydrogens (primary N) is 1. The Labute approximate surface area is 155 Å². The lowest BCUT2D eigenvalue weighted by Crippen LogP contribution is -2.25. The van der Waals surface area contributed by atoms with Crippen molar-refractivity contribution in [2.45, 2.75) is 0 Å². The Hall–Kier alpha value is -3.02. The molecule has 3 aromatic carbocycles. The second kappa shape index (κ2) is 6.37. The van der Waals surface area contributed by atoms with Gasteiger partial charge in [-0.25, -0.2) is 5.84 Å². The van der Waals surface area contributed by atoms with Crippen LogP contribution in [-0.2, 0) is 0 Å². The van der Waals surface area contributed by atoms with Crippen molar-refractivity contribution in [3.05, 3.63) is 71.2 Å². The summed E-state index contributed by atoms with van der Waals surface area (Å²) >= 11 is 6.11. The Morgan fingerprint density at radius 1 is 1.00 bits per heavy atom. The van der Waals surface area contributed by atoms with Crippen molar-refractivity contribution in [2.75, 3.05) is 17.4 Å². The number of hydrogen-bond donors (Lipinski definition) is 2. The van der Waals surface area contributed by atoms with Crippen molar-refractivity contribution < 1.29 is 9.53 Å². The molecular formula is C20H16ClN3O2. The zero-order valence-electron chi connectivity index (χ0n) is 14.0. The van der Waals surface area contributed by atoms with Crippen molar-refractivity contribution in [1.82, 2.24) is 0 Å². The minimum atomic E-state index is -0.194. The average molecular weight is 366 g/mol. The van der Waals surface area contributed by atoms with Gasteiger partial charge in [-0.2, -0.15) is 0 Å². The van der Waals surface area contributed by atoms with Crippen LogP contribution in [0.4, 0.5) is 17.1 Å². The normalized spacial score (nSPS) is 12.7. The average Bonchev–Trinajstić information content (AvgIpc) is 2.77. The van der Waals surface area contributed by atoms with Crippen molar-refractivity contribution in [3.63, 3.8) is 0 Å². The molecule has 0 saturated heterocycles. The van der Waals surface area contributed by atoms with E-state index in [1.165, 1.54) is 5.01 Å². The van der Waals surface area contributed by atoms with Gasteiger partial charge in [0.1, 0.15) is 5.75 Å². The summed E-state index contributed by atoms with van der Waals surface area (Å²) in [6.07, 6.45) is 0. The Morgan fingerprint density at radius 2 is 1.73 bits per heavy atom. The number of rotatable bonds is 2. The zero-order valence-corrected chi connectivity index (χ0v) is 14.7. The molecule has 0 aliphatic carbocycles. The van der Waals surface area contributed by atoms with Gasteiger partial charge in [0.05, 0.1) is 34.8 Å². The molecule has 3 N–H and O–H groups in total. The van der Waals surface area contributed by atoms with E-state index < -0.39 is 0 Å². The Bertz CT molecular complexity index is 1020. The van der Waals surface area contributed by atoms with Crippen LogP contribution in [0.2, 0.25) is 5.02 Å². The monoisotopic (exact) mass is 365 g/mol. The number of fused-ring (bicyclic) bond motifs is 2. The van der Waals surface area contributed by atoms with Gasteiger partial charge >= 0.3 is 0 Å². The molecule has 6 heteroatoms. The Kier molecular flexibility index (Phi) is 4.03. The smallest absolute Gasteiger partial charge is 0.257 e. The predicted molar refractivity (Wildman–Crippen MR) is 104 cm³/mol. The van der Waals surface area contributed by atoms with E-state index in [4.69, 9.17) is 22.2 Å². The number of hydrogen-bond acceptors (Lipinski definition) is 4. The summed E-state index contributed by atoms with van der Waals surface area (Å²) in [5.74, 6) is 6.74. The Morgan fingerprint density at radius 3 is 2.54 bits per heavy atom. The third kappa shape index (κ3) is 2.67. The molecule has 0 aromatic heterocycles. The van der Waals surface area contributed by atoms with Gasteiger partial charge in [0.15, 0.2) is 0 Å². The van der Waals surface area contributed by atoms with E-state index in [9.17, 15) is 4.79 Å². The Balaban J connectivity index is 1.86. The van der Waals surface area contributed by atoms with Gasteiger partial charge in [-0.05, 0) is 47.5 Å². The van der Waals surface area contributed by atoms with Crippen LogP contribution < -0.4 is 20.9 Å². The topological polar surface area (TPSA) is 67.6 Å². The first kappa shape index (κ1) is 16.4. The van der Waals surface area contributed by atoms with E-state index >= 15 is 0 Å². The maximum absolute atomic E-state index is 12.6. The fraction of sp³-hybridized carbons (Fsp3) is 0.0500. The van der Waals surface area contributed by atoms with Crippen molar-refractivity contribution >= 4 is 34.6 Å². The van der Waals surface area contributed by atoms with Crippen molar-refractivity contribution in [2.24, 2.45) is 5.84 Å². The van der Waals surface area contributed by atoms with Gasteiger partial charge in [-0.1, -0.05) is 35.9 Å². The molecular weight excluding hydrogens is 350 g/mol. The highest BCUT2D eigenvalue weighted by atomic mass is 35.5. The lowest BCUT2D eigenvalue weighted by atomic mass is 10.0. The fourth-order valence-corrected chi connectivity index (χ4v) is 3.25. The van der Waals surface area contributed by atoms with Crippen LogP contribution in [0.25, 0.3) is 11.1 Å². The lowest BCUT2D eigenvalue weighted by Gasteiger charge is -2.20. The number of carbonyl (C=O) groups is 1. The molecule has 4 rings (SSSR count). The van der Waals surface area contributed by atoms with Crippen molar-refractivity contribution in [1.29, 1.82) is 0 Å². The molecule has 1 amide bonds. The quantitative estimate of drug-likeness (QED) is 0.651. The zero-order chi connectivity index (χ0) is 18.3. The summed E-state index contributed by atoms with van der Waals surface area (Å²) < 4.78 is 5.29. The summed E-state index contributed by atoms with van der Waals surface area (Å²) in [6.45, 7) is 0. The minimum absolute atomic E-state index is 0.194. The molecule has 0 saturated carbocycles. The maximum atomic E-state index is 12.6. The van der Waals surface area contributed by atoms with E-state index in [0.717, 1.165) is 16.8 Å². The third-order valence-corrected chi connectivity index (χ3v) is 4.71. The van der Waals surface area contributed by atoms with E-state index in [2.05, 4.69) is 5.32 Å². The molecule has 1 aliphatic heterocycles. The highest BCUT2D eigenvalue weighted by Gasteiger charge is 2.23.